The van der Waals surface area contributed by atoms with E-state index in [4.69, 9.17) is 0 Å². The van der Waals surface area contributed by atoms with Crippen LogP contribution in [-0.2, 0) is 9.84 Å². The first-order valence-corrected chi connectivity index (χ1v) is 8.62. The van der Waals surface area contributed by atoms with Crippen LogP contribution in [0.1, 0.15) is 26.7 Å². The molecule has 0 aliphatic carbocycles. The zero-order valence-electron chi connectivity index (χ0n) is 10.8. The number of sulfone groups is 1. The first-order chi connectivity index (χ1) is 8.45. The van der Waals surface area contributed by atoms with Crippen LogP contribution in [0.3, 0.4) is 0 Å². The summed E-state index contributed by atoms with van der Waals surface area (Å²) in [7, 11) is -3.15. The van der Waals surface area contributed by atoms with Crippen LogP contribution in [0.4, 0.5) is 0 Å². The Balaban J connectivity index is 2.55. The Morgan fingerprint density at radius 3 is 2.72 bits per heavy atom. The summed E-state index contributed by atoms with van der Waals surface area (Å²) in [4.78, 5) is 0.396. The lowest BCUT2D eigenvalue weighted by Crippen LogP contribution is -2.26. The topological polar surface area (TPSA) is 46.2 Å². The lowest BCUT2D eigenvalue weighted by atomic mass is 10.2. The highest BCUT2D eigenvalue weighted by molar-refractivity contribution is 9.10. The number of benzene rings is 1. The lowest BCUT2D eigenvalue weighted by Gasteiger charge is -2.11. The molecule has 0 radical (unpaired) electrons. The van der Waals surface area contributed by atoms with Gasteiger partial charge in [-0.2, -0.15) is 0 Å². The molecule has 1 atom stereocenters. The zero-order chi connectivity index (χ0) is 13.6. The summed E-state index contributed by atoms with van der Waals surface area (Å²) in [6.07, 6.45) is 1.56. The van der Waals surface area contributed by atoms with Gasteiger partial charge >= 0.3 is 0 Å². The molecule has 0 spiro atoms. The van der Waals surface area contributed by atoms with Gasteiger partial charge in [-0.25, -0.2) is 8.42 Å². The monoisotopic (exact) mass is 333 g/mol. The minimum atomic E-state index is -3.15. The van der Waals surface area contributed by atoms with Crippen LogP contribution in [0.5, 0.6) is 0 Å². The van der Waals surface area contributed by atoms with E-state index in [9.17, 15) is 8.42 Å². The number of nitrogens with one attached hydrogen (secondary N) is 1. The van der Waals surface area contributed by atoms with E-state index in [1.54, 1.807) is 18.2 Å². The Kier molecular flexibility index (Phi) is 6.32. The highest BCUT2D eigenvalue weighted by atomic mass is 79.9. The molecule has 0 fully saturated rings. The lowest BCUT2D eigenvalue weighted by molar-refractivity contribution is 0.521. The minimum Gasteiger partial charge on any atom is -0.315 e. The molecule has 1 rings (SSSR count). The standard InChI is InChI=1S/C13H20BrNO2S/c1-3-15-11(2)6-5-9-18(16,17)13-8-4-7-12(14)10-13/h4,7-8,10-11,15H,3,5-6,9H2,1-2H3. The molecule has 0 aliphatic heterocycles. The van der Waals surface area contributed by atoms with Crippen molar-refractivity contribution in [2.24, 2.45) is 0 Å². The van der Waals surface area contributed by atoms with Crippen molar-refractivity contribution in [3.63, 3.8) is 0 Å². The summed E-state index contributed by atoms with van der Waals surface area (Å²) in [6.45, 7) is 5.05. The van der Waals surface area contributed by atoms with Gasteiger partial charge in [0.1, 0.15) is 0 Å². The third-order valence-electron chi connectivity index (χ3n) is 2.76. The van der Waals surface area contributed by atoms with Crippen LogP contribution in [0.2, 0.25) is 0 Å². The highest BCUT2D eigenvalue weighted by Crippen LogP contribution is 2.18. The van der Waals surface area contributed by atoms with Gasteiger partial charge in [0.15, 0.2) is 9.84 Å². The summed E-state index contributed by atoms with van der Waals surface area (Å²) in [5, 5.41) is 3.28. The van der Waals surface area contributed by atoms with Crippen LogP contribution in [0.25, 0.3) is 0 Å². The van der Waals surface area contributed by atoms with Gasteiger partial charge in [-0.3, -0.25) is 0 Å². The molecule has 0 saturated carbocycles. The third-order valence-corrected chi connectivity index (χ3v) is 5.05. The smallest absolute Gasteiger partial charge is 0.178 e. The van der Waals surface area contributed by atoms with Crippen molar-refractivity contribution in [3.05, 3.63) is 28.7 Å². The molecule has 0 saturated heterocycles. The molecule has 1 unspecified atom stereocenters. The molecule has 3 nitrogen and oxygen atoms in total. The molecule has 1 N–H and O–H groups in total. The molecule has 1 aromatic carbocycles. The summed E-state index contributed by atoms with van der Waals surface area (Å²) in [5.41, 5.74) is 0. The van der Waals surface area contributed by atoms with Crippen molar-refractivity contribution in [1.29, 1.82) is 0 Å². The highest BCUT2D eigenvalue weighted by Gasteiger charge is 2.14. The number of hydrogen-bond acceptors (Lipinski definition) is 3. The van der Waals surface area contributed by atoms with E-state index in [1.165, 1.54) is 0 Å². The quantitative estimate of drug-likeness (QED) is 0.834. The zero-order valence-corrected chi connectivity index (χ0v) is 13.2. The number of rotatable bonds is 7. The molecule has 1 aromatic rings. The second-order valence-corrected chi connectivity index (χ2v) is 7.40. The molecule has 0 amide bonds. The molecule has 0 aromatic heterocycles. The van der Waals surface area contributed by atoms with E-state index in [1.807, 2.05) is 6.07 Å². The van der Waals surface area contributed by atoms with Gasteiger partial charge in [0.2, 0.25) is 0 Å². The van der Waals surface area contributed by atoms with E-state index in [2.05, 4.69) is 35.1 Å². The predicted molar refractivity (Wildman–Crippen MR) is 78.6 cm³/mol. The SMILES string of the molecule is CCNC(C)CCCS(=O)(=O)c1cccc(Br)c1. The van der Waals surface area contributed by atoms with Crippen LogP contribution >= 0.6 is 15.9 Å². The van der Waals surface area contributed by atoms with Crippen LogP contribution in [0.15, 0.2) is 33.6 Å². The van der Waals surface area contributed by atoms with Crippen molar-refractivity contribution in [2.45, 2.75) is 37.6 Å². The van der Waals surface area contributed by atoms with Crippen LogP contribution in [0, 0.1) is 0 Å². The Bertz CT molecular complexity index is 474. The van der Waals surface area contributed by atoms with Crippen molar-refractivity contribution in [1.82, 2.24) is 5.32 Å². The van der Waals surface area contributed by atoms with Crippen LogP contribution in [-0.4, -0.2) is 26.8 Å². The van der Waals surface area contributed by atoms with E-state index >= 15 is 0 Å². The van der Waals surface area contributed by atoms with Crippen molar-refractivity contribution in [3.8, 4) is 0 Å². The van der Waals surface area contributed by atoms with Gasteiger partial charge in [-0.05, 0) is 44.5 Å². The number of hydrogen-bond donors (Lipinski definition) is 1. The van der Waals surface area contributed by atoms with Gasteiger partial charge in [0, 0.05) is 10.5 Å². The molecular weight excluding hydrogens is 314 g/mol. The second kappa shape index (κ2) is 7.26. The van der Waals surface area contributed by atoms with E-state index in [0.29, 0.717) is 17.4 Å². The molecule has 0 aliphatic rings. The van der Waals surface area contributed by atoms with Gasteiger partial charge < -0.3 is 5.32 Å². The third kappa shape index (κ3) is 5.08. The van der Waals surface area contributed by atoms with Crippen molar-refractivity contribution >= 4 is 25.8 Å². The maximum absolute atomic E-state index is 12.1. The Labute approximate surface area is 118 Å². The molecule has 102 valence electrons. The molecule has 5 heteroatoms. The largest absolute Gasteiger partial charge is 0.315 e. The molecule has 0 heterocycles. The first kappa shape index (κ1) is 15.7. The summed E-state index contributed by atoms with van der Waals surface area (Å²) < 4.78 is 25.0. The average Bonchev–Trinajstić information content (AvgIpc) is 2.29. The average molecular weight is 334 g/mol. The molecule has 18 heavy (non-hydrogen) atoms. The Morgan fingerprint density at radius 1 is 1.39 bits per heavy atom. The van der Waals surface area contributed by atoms with Crippen molar-refractivity contribution < 1.29 is 8.42 Å². The molecular formula is C13H20BrNO2S. The summed E-state index contributed by atoms with van der Waals surface area (Å²) >= 11 is 3.29. The van der Waals surface area contributed by atoms with Crippen LogP contribution < -0.4 is 5.32 Å². The Morgan fingerprint density at radius 2 is 2.11 bits per heavy atom. The summed E-state index contributed by atoms with van der Waals surface area (Å²) in [6, 6.07) is 7.24. The maximum atomic E-state index is 12.1. The minimum absolute atomic E-state index is 0.208. The van der Waals surface area contributed by atoms with Gasteiger partial charge in [-0.15, -0.1) is 0 Å². The summed E-state index contributed by atoms with van der Waals surface area (Å²) in [5.74, 6) is 0.208. The van der Waals surface area contributed by atoms with E-state index < -0.39 is 9.84 Å². The van der Waals surface area contributed by atoms with Gasteiger partial charge in [0.05, 0.1) is 10.6 Å². The molecule has 0 bridgehead atoms. The van der Waals surface area contributed by atoms with Crippen molar-refractivity contribution in [2.75, 3.05) is 12.3 Å². The fraction of sp³-hybridized carbons (Fsp3) is 0.538. The first-order valence-electron chi connectivity index (χ1n) is 6.17. The fourth-order valence-corrected chi connectivity index (χ4v) is 3.73. The Hall–Kier alpha value is -0.390. The number of halogens is 1. The van der Waals surface area contributed by atoms with E-state index in [0.717, 1.165) is 17.4 Å². The normalized spacial score (nSPS) is 13.5. The van der Waals surface area contributed by atoms with Gasteiger partial charge in [0.25, 0.3) is 0 Å². The van der Waals surface area contributed by atoms with E-state index in [-0.39, 0.29) is 5.75 Å². The van der Waals surface area contributed by atoms with Gasteiger partial charge in [-0.1, -0.05) is 28.9 Å². The predicted octanol–water partition coefficient (Wildman–Crippen LogP) is 3.00. The fourth-order valence-electron chi connectivity index (χ4n) is 1.81. The maximum Gasteiger partial charge on any atom is 0.178 e. The second-order valence-electron chi connectivity index (χ2n) is 4.38.